The van der Waals surface area contributed by atoms with Crippen LogP contribution >= 0.6 is 11.6 Å². The lowest BCUT2D eigenvalue weighted by Crippen LogP contribution is -2.46. The average Bonchev–Trinajstić information content (AvgIpc) is 3.13. The smallest absolute Gasteiger partial charge is 0.257 e. The van der Waals surface area contributed by atoms with Crippen LogP contribution in [0.1, 0.15) is 27.9 Å². The molecule has 0 spiro atoms. The number of nitriles is 1. The standard InChI is InChI=1S/C26H19ClFN3O3/c27-19-5-3-4-17(14-19)12-13-30(25(33)21-6-1-2-7-22(21)28)23-15-24(32)31(26(23)34)20-10-8-18(16-29)9-11-20/h1-11,14,23H,12-13,15H2. The number of rotatable bonds is 6. The van der Waals surface area contributed by atoms with Crippen molar-refractivity contribution in [3.05, 3.63) is 100 Å². The summed E-state index contributed by atoms with van der Waals surface area (Å²) in [5, 5.41) is 9.53. The maximum absolute atomic E-state index is 14.4. The zero-order valence-corrected chi connectivity index (χ0v) is 18.7. The molecule has 34 heavy (non-hydrogen) atoms. The van der Waals surface area contributed by atoms with Gasteiger partial charge in [0.1, 0.15) is 11.9 Å². The van der Waals surface area contributed by atoms with E-state index in [0.29, 0.717) is 22.7 Å². The first-order chi connectivity index (χ1) is 16.4. The highest BCUT2D eigenvalue weighted by molar-refractivity contribution is 6.30. The van der Waals surface area contributed by atoms with Crippen LogP contribution in [0.25, 0.3) is 0 Å². The van der Waals surface area contributed by atoms with Crippen molar-refractivity contribution in [1.29, 1.82) is 5.26 Å². The molecule has 8 heteroatoms. The van der Waals surface area contributed by atoms with Crippen molar-refractivity contribution < 1.29 is 18.8 Å². The molecule has 0 N–H and O–H groups in total. The van der Waals surface area contributed by atoms with Crippen LogP contribution in [0.3, 0.4) is 0 Å². The number of carbonyl (C=O) groups is 3. The Kier molecular flexibility index (Phi) is 6.71. The highest BCUT2D eigenvalue weighted by Gasteiger charge is 2.44. The van der Waals surface area contributed by atoms with E-state index in [1.807, 2.05) is 12.1 Å². The van der Waals surface area contributed by atoms with Crippen LogP contribution in [0.15, 0.2) is 72.8 Å². The van der Waals surface area contributed by atoms with Crippen molar-refractivity contribution >= 4 is 35.0 Å². The zero-order chi connectivity index (χ0) is 24.2. The molecule has 3 aromatic rings. The van der Waals surface area contributed by atoms with E-state index < -0.39 is 29.6 Å². The molecule has 1 fully saturated rings. The third kappa shape index (κ3) is 4.68. The van der Waals surface area contributed by atoms with Crippen molar-refractivity contribution in [2.75, 3.05) is 11.4 Å². The first-order valence-corrected chi connectivity index (χ1v) is 10.9. The van der Waals surface area contributed by atoms with Crippen molar-refractivity contribution in [1.82, 2.24) is 4.90 Å². The largest absolute Gasteiger partial charge is 0.326 e. The summed E-state index contributed by atoms with van der Waals surface area (Å²) in [6, 6.07) is 19.5. The Morgan fingerprint density at radius 2 is 1.82 bits per heavy atom. The molecule has 3 aromatic carbocycles. The van der Waals surface area contributed by atoms with Gasteiger partial charge in [0.15, 0.2) is 0 Å². The summed E-state index contributed by atoms with van der Waals surface area (Å²) < 4.78 is 14.4. The molecule has 0 bridgehead atoms. The fourth-order valence-electron chi connectivity index (χ4n) is 3.95. The minimum atomic E-state index is -1.09. The van der Waals surface area contributed by atoms with Gasteiger partial charge in [-0.05, 0) is 60.5 Å². The Hall–Kier alpha value is -4.02. The second kappa shape index (κ2) is 9.86. The second-order valence-corrected chi connectivity index (χ2v) is 8.24. The maximum atomic E-state index is 14.4. The van der Waals surface area contributed by atoms with E-state index in [1.165, 1.54) is 53.4 Å². The molecular formula is C26H19ClFN3O3. The van der Waals surface area contributed by atoms with Crippen molar-refractivity contribution in [2.45, 2.75) is 18.9 Å². The van der Waals surface area contributed by atoms with Gasteiger partial charge in [-0.25, -0.2) is 9.29 Å². The summed E-state index contributed by atoms with van der Waals surface area (Å²) in [5.74, 6) is -2.44. The maximum Gasteiger partial charge on any atom is 0.257 e. The highest BCUT2D eigenvalue weighted by Crippen LogP contribution is 2.28. The molecule has 1 aliphatic rings. The SMILES string of the molecule is N#Cc1ccc(N2C(=O)CC(N(CCc3cccc(Cl)c3)C(=O)c3ccccc3F)C2=O)cc1. The van der Waals surface area contributed by atoms with Crippen molar-refractivity contribution in [3.63, 3.8) is 0 Å². The Morgan fingerprint density at radius 3 is 2.50 bits per heavy atom. The van der Waals surface area contributed by atoms with Gasteiger partial charge in [0.2, 0.25) is 5.91 Å². The van der Waals surface area contributed by atoms with Crippen LogP contribution in [0.2, 0.25) is 5.02 Å². The molecule has 0 saturated carbocycles. The molecular weight excluding hydrogens is 457 g/mol. The van der Waals surface area contributed by atoms with Crippen LogP contribution in [-0.4, -0.2) is 35.2 Å². The van der Waals surface area contributed by atoms with E-state index >= 15 is 0 Å². The Labute approximate surface area is 200 Å². The van der Waals surface area contributed by atoms with Crippen LogP contribution in [-0.2, 0) is 16.0 Å². The van der Waals surface area contributed by atoms with Crippen molar-refractivity contribution in [3.8, 4) is 6.07 Å². The second-order valence-electron chi connectivity index (χ2n) is 7.80. The third-order valence-corrected chi connectivity index (χ3v) is 5.88. The summed E-state index contributed by atoms with van der Waals surface area (Å²) in [6.07, 6.45) is 0.129. The molecule has 1 saturated heterocycles. The lowest BCUT2D eigenvalue weighted by Gasteiger charge is -2.28. The number of carbonyl (C=O) groups excluding carboxylic acids is 3. The topological polar surface area (TPSA) is 81.5 Å². The summed E-state index contributed by atoms with van der Waals surface area (Å²) in [6.45, 7) is 0.0818. The number of anilines is 1. The zero-order valence-electron chi connectivity index (χ0n) is 17.9. The highest BCUT2D eigenvalue weighted by atomic mass is 35.5. The monoisotopic (exact) mass is 475 g/mol. The number of hydrogen-bond acceptors (Lipinski definition) is 4. The fraction of sp³-hybridized carbons (Fsp3) is 0.154. The summed E-state index contributed by atoms with van der Waals surface area (Å²) in [5.41, 5.74) is 1.35. The Bertz CT molecular complexity index is 1300. The van der Waals surface area contributed by atoms with Crippen molar-refractivity contribution in [2.24, 2.45) is 0 Å². The molecule has 170 valence electrons. The predicted octanol–water partition coefficient (Wildman–Crippen LogP) is 4.37. The van der Waals surface area contributed by atoms with Gasteiger partial charge in [-0.15, -0.1) is 0 Å². The lowest BCUT2D eigenvalue weighted by atomic mass is 10.1. The fourth-order valence-corrected chi connectivity index (χ4v) is 4.16. The average molecular weight is 476 g/mol. The molecule has 1 aliphatic heterocycles. The molecule has 0 radical (unpaired) electrons. The quantitative estimate of drug-likeness (QED) is 0.496. The van der Waals surface area contributed by atoms with Crippen LogP contribution in [0.4, 0.5) is 10.1 Å². The number of nitrogens with zero attached hydrogens (tertiary/aromatic N) is 3. The third-order valence-electron chi connectivity index (χ3n) is 5.65. The Balaban J connectivity index is 1.65. The minimum absolute atomic E-state index is 0.0818. The van der Waals surface area contributed by atoms with E-state index in [2.05, 4.69) is 0 Å². The molecule has 1 unspecified atom stereocenters. The molecule has 1 atom stereocenters. The van der Waals surface area contributed by atoms with E-state index in [-0.39, 0.29) is 18.5 Å². The number of halogens is 2. The number of benzene rings is 3. The first kappa shape index (κ1) is 23.1. The number of hydrogen-bond donors (Lipinski definition) is 0. The van der Waals surface area contributed by atoms with E-state index in [9.17, 15) is 18.8 Å². The molecule has 0 aromatic heterocycles. The van der Waals surface area contributed by atoms with Crippen LogP contribution in [0, 0.1) is 17.1 Å². The molecule has 4 rings (SSSR count). The summed E-state index contributed by atoms with van der Waals surface area (Å²) in [7, 11) is 0. The van der Waals surface area contributed by atoms with Crippen LogP contribution < -0.4 is 4.90 Å². The van der Waals surface area contributed by atoms with E-state index in [4.69, 9.17) is 16.9 Å². The predicted molar refractivity (Wildman–Crippen MR) is 125 cm³/mol. The Morgan fingerprint density at radius 1 is 1.09 bits per heavy atom. The lowest BCUT2D eigenvalue weighted by molar-refractivity contribution is -0.122. The normalized spacial score (nSPS) is 15.3. The molecule has 1 heterocycles. The van der Waals surface area contributed by atoms with Gasteiger partial charge in [0.05, 0.1) is 29.3 Å². The van der Waals surface area contributed by atoms with Crippen LogP contribution in [0.5, 0.6) is 0 Å². The molecule has 0 aliphatic carbocycles. The summed E-state index contributed by atoms with van der Waals surface area (Å²) in [4.78, 5) is 41.8. The van der Waals surface area contributed by atoms with Gasteiger partial charge in [-0.1, -0.05) is 35.9 Å². The van der Waals surface area contributed by atoms with Gasteiger partial charge < -0.3 is 4.90 Å². The molecule has 6 nitrogen and oxygen atoms in total. The van der Waals surface area contributed by atoms with Gasteiger partial charge in [0, 0.05) is 11.6 Å². The molecule has 3 amide bonds. The number of imide groups is 1. The summed E-state index contributed by atoms with van der Waals surface area (Å²) >= 11 is 6.06. The minimum Gasteiger partial charge on any atom is -0.326 e. The van der Waals surface area contributed by atoms with E-state index in [0.717, 1.165) is 10.5 Å². The van der Waals surface area contributed by atoms with Gasteiger partial charge in [-0.2, -0.15) is 5.26 Å². The van der Waals surface area contributed by atoms with E-state index in [1.54, 1.807) is 18.2 Å². The van der Waals surface area contributed by atoms with Gasteiger partial charge >= 0.3 is 0 Å². The number of amides is 3. The van der Waals surface area contributed by atoms with Gasteiger partial charge in [-0.3, -0.25) is 14.4 Å². The first-order valence-electron chi connectivity index (χ1n) is 10.6. The van der Waals surface area contributed by atoms with Gasteiger partial charge in [0.25, 0.3) is 11.8 Å².